The summed E-state index contributed by atoms with van der Waals surface area (Å²) in [7, 11) is 3.15. The lowest BCUT2D eigenvalue weighted by Gasteiger charge is -2.06. The molecule has 2 aromatic carbocycles. The molecule has 0 bridgehead atoms. The van der Waals surface area contributed by atoms with Crippen LogP contribution in [0.1, 0.15) is 11.1 Å². The molecular weight excluding hydrogens is 440 g/mol. The van der Waals surface area contributed by atoms with Gasteiger partial charge < -0.3 is 9.47 Å². The summed E-state index contributed by atoms with van der Waals surface area (Å²) in [5, 5.41) is 12.3. The van der Waals surface area contributed by atoms with Crippen molar-refractivity contribution in [2.75, 3.05) is 20.0 Å². The molecule has 0 aliphatic heterocycles. The Morgan fingerprint density at radius 1 is 1.10 bits per heavy atom. The van der Waals surface area contributed by atoms with Crippen LogP contribution in [0.3, 0.4) is 0 Å². The van der Waals surface area contributed by atoms with Gasteiger partial charge in [0.1, 0.15) is 11.5 Å². The Bertz CT molecular complexity index is 996. The van der Waals surface area contributed by atoms with Crippen LogP contribution in [-0.4, -0.2) is 42.3 Å². The van der Waals surface area contributed by atoms with E-state index in [1.165, 1.54) is 34.9 Å². The summed E-state index contributed by atoms with van der Waals surface area (Å²) in [6.07, 6.45) is 1.53. The molecule has 0 spiro atoms. The summed E-state index contributed by atoms with van der Waals surface area (Å²) in [5.74, 6) is 2.11. The quantitative estimate of drug-likeness (QED) is 0.277. The Labute approximate surface area is 187 Å². The van der Waals surface area contributed by atoms with E-state index < -0.39 is 0 Å². The number of carbonyl (C=O) groups is 1. The van der Waals surface area contributed by atoms with Gasteiger partial charge in [0.2, 0.25) is 0 Å². The SMILES string of the molecule is COc1ccc(C=NNC(=O)CSc2nnc(SCc3ccccc3)s2)c(OC)c1. The molecule has 30 heavy (non-hydrogen) atoms. The van der Waals surface area contributed by atoms with Crippen LogP contribution in [-0.2, 0) is 10.5 Å². The molecule has 0 radical (unpaired) electrons. The Morgan fingerprint density at radius 3 is 2.60 bits per heavy atom. The van der Waals surface area contributed by atoms with Crippen LogP contribution in [0.2, 0.25) is 0 Å². The molecule has 3 aromatic rings. The number of ether oxygens (including phenoxy) is 2. The fourth-order valence-electron chi connectivity index (χ4n) is 2.29. The summed E-state index contributed by atoms with van der Waals surface area (Å²) in [4.78, 5) is 12.0. The van der Waals surface area contributed by atoms with Crippen LogP contribution in [0.5, 0.6) is 11.5 Å². The van der Waals surface area contributed by atoms with E-state index in [2.05, 4.69) is 32.9 Å². The second-order valence-electron chi connectivity index (χ2n) is 5.80. The Morgan fingerprint density at radius 2 is 1.87 bits per heavy atom. The molecule has 0 atom stereocenters. The van der Waals surface area contributed by atoms with Crippen molar-refractivity contribution in [3.05, 3.63) is 59.7 Å². The largest absolute Gasteiger partial charge is 0.497 e. The van der Waals surface area contributed by atoms with Crippen LogP contribution in [0.15, 0.2) is 62.3 Å². The minimum Gasteiger partial charge on any atom is -0.497 e. The Hall–Kier alpha value is -2.56. The molecule has 1 N–H and O–H groups in total. The van der Waals surface area contributed by atoms with E-state index >= 15 is 0 Å². The molecule has 0 saturated heterocycles. The van der Waals surface area contributed by atoms with Crippen molar-refractivity contribution < 1.29 is 14.3 Å². The fourth-order valence-corrected chi connectivity index (χ4v) is 5.06. The molecule has 0 fully saturated rings. The van der Waals surface area contributed by atoms with E-state index in [0.29, 0.717) is 11.5 Å². The molecule has 1 aromatic heterocycles. The first kappa shape index (κ1) is 22.1. The molecule has 0 aliphatic rings. The second kappa shape index (κ2) is 11.6. The number of benzene rings is 2. The normalized spacial score (nSPS) is 10.9. The Kier molecular flexibility index (Phi) is 8.54. The first-order valence-electron chi connectivity index (χ1n) is 8.85. The average Bonchev–Trinajstić information content (AvgIpc) is 3.25. The summed E-state index contributed by atoms with van der Waals surface area (Å²) in [6, 6.07) is 15.5. The van der Waals surface area contributed by atoms with Crippen LogP contribution < -0.4 is 14.9 Å². The van der Waals surface area contributed by atoms with Gasteiger partial charge in [-0.2, -0.15) is 5.10 Å². The van der Waals surface area contributed by atoms with Crippen molar-refractivity contribution in [1.82, 2.24) is 15.6 Å². The van der Waals surface area contributed by atoms with Gasteiger partial charge in [-0.25, -0.2) is 5.43 Å². The van der Waals surface area contributed by atoms with E-state index in [4.69, 9.17) is 9.47 Å². The number of thioether (sulfide) groups is 2. The van der Waals surface area contributed by atoms with E-state index in [1.807, 2.05) is 18.2 Å². The van der Waals surface area contributed by atoms with Gasteiger partial charge in [0.15, 0.2) is 8.68 Å². The fraction of sp³-hybridized carbons (Fsp3) is 0.200. The third kappa shape index (κ3) is 6.75. The van der Waals surface area contributed by atoms with E-state index in [0.717, 1.165) is 20.0 Å². The predicted molar refractivity (Wildman–Crippen MR) is 122 cm³/mol. The van der Waals surface area contributed by atoms with E-state index in [9.17, 15) is 4.79 Å². The summed E-state index contributed by atoms with van der Waals surface area (Å²) in [6.45, 7) is 0. The van der Waals surface area contributed by atoms with Gasteiger partial charge in [-0.3, -0.25) is 4.79 Å². The molecule has 3 rings (SSSR count). The van der Waals surface area contributed by atoms with E-state index in [1.54, 1.807) is 44.2 Å². The number of methoxy groups -OCH3 is 2. The highest BCUT2D eigenvalue weighted by atomic mass is 32.2. The van der Waals surface area contributed by atoms with Crippen LogP contribution in [0.4, 0.5) is 0 Å². The number of hydrogen-bond acceptors (Lipinski definition) is 9. The van der Waals surface area contributed by atoms with Gasteiger partial charge in [0, 0.05) is 17.4 Å². The summed E-state index contributed by atoms with van der Waals surface area (Å²) >= 11 is 4.45. The number of nitrogens with one attached hydrogen (secondary N) is 1. The van der Waals surface area contributed by atoms with Gasteiger partial charge in [-0.1, -0.05) is 65.2 Å². The maximum atomic E-state index is 12.0. The van der Waals surface area contributed by atoms with E-state index in [-0.39, 0.29) is 11.7 Å². The average molecular weight is 461 g/mol. The lowest BCUT2D eigenvalue weighted by molar-refractivity contribution is -0.118. The predicted octanol–water partition coefficient (Wildman–Crippen LogP) is 4.09. The number of aromatic nitrogens is 2. The van der Waals surface area contributed by atoms with Gasteiger partial charge in [-0.15, -0.1) is 10.2 Å². The second-order valence-corrected chi connectivity index (χ2v) is 9.22. The van der Waals surface area contributed by atoms with Crippen LogP contribution in [0, 0.1) is 0 Å². The highest BCUT2D eigenvalue weighted by Crippen LogP contribution is 2.30. The first-order valence-corrected chi connectivity index (χ1v) is 11.6. The van der Waals surface area contributed by atoms with Gasteiger partial charge in [0.05, 0.1) is 26.2 Å². The van der Waals surface area contributed by atoms with Crippen molar-refractivity contribution in [1.29, 1.82) is 0 Å². The molecular formula is C20H20N4O3S3. The minimum atomic E-state index is -0.225. The van der Waals surface area contributed by atoms with Gasteiger partial charge in [-0.05, 0) is 17.7 Å². The molecule has 0 unspecified atom stereocenters. The number of hydrazone groups is 1. The van der Waals surface area contributed by atoms with Crippen molar-refractivity contribution in [2.45, 2.75) is 14.4 Å². The zero-order valence-electron chi connectivity index (χ0n) is 16.4. The Balaban J connectivity index is 1.44. The molecule has 7 nitrogen and oxygen atoms in total. The van der Waals surface area contributed by atoms with Gasteiger partial charge >= 0.3 is 0 Å². The molecule has 0 aliphatic carbocycles. The minimum absolute atomic E-state index is 0.203. The van der Waals surface area contributed by atoms with Crippen LogP contribution in [0.25, 0.3) is 0 Å². The standard InChI is InChI=1S/C20H20N4O3S3/c1-26-16-9-8-15(17(10-16)27-2)11-21-22-18(25)13-29-20-24-23-19(30-20)28-12-14-6-4-3-5-7-14/h3-11H,12-13H2,1-2H3,(H,22,25). The molecule has 156 valence electrons. The van der Waals surface area contributed by atoms with Crippen molar-refractivity contribution in [2.24, 2.45) is 5.10 Å². The number of rotatable bonds is 10. The monoisotopic (exact) mass is 460 g/mol. The number of nitrogens with zero attached hydrogens (tertiary/aromatic N) is 3. The number of carbonyl (C=O) groups excluding carboxylic acids is 1. The van der Waals surface area contributed by atoms with Crippen molar-refractivity contribution in [3.63, 3.8) is 0 Å². The highest BCUT2D eigenvalue weighted by Gasteiger charge is 2.09. The summed E-state index contributed by atoms with van der Waals surface area (Å²) in [5.41, 5.74) is 4.47. The maximum absolute atomic E-state index is 12.0. The first-order chi connectivity index (χ1) is 14.7. The molecule has 0 saturated carbocycles. The number of amides is 1. The maximum Gasteiger partial charge on any atom is 0.250 e. The zero-order chi connectivity index (χ0) is 21.2. The van der Waals surface area contributed by atoms with Crippen molar-refractivity contribution in [3.8, 4) is 11.5 Å². The lowest BCUT2D eigenvalue weighted by atomic mass is 10.2. The third-order valence-electron chi connectivity index (χ3n) is 3.75. The third-order valence-corrected chi connectivity index (χ3v) is 7.01. The van der Waals surface area contributed by atoms with Crippen molar-refractivity contribution >= 4 is 47.0 Å². The molecule has 10 heteroatoms. The smallest absolute Gasteiger partial charge is 0.250 e. The summed E-state index contributed by atoms with van der Waals surface area (Å²) < 4.78 is 12.1. The van der Waals surface area contributed by atoms with Crippen LogP contribution >= 0.6 is 34.9 Å². The lowest BCUT2D eigenvalue weighted by Crippen LogP contribution is -2.19. The topological polar surface area (TPSA) is 85.7 Å². The molecule has 1 amide bonds. The molecule has 1 heterocycles. The number of hydrogen-bond donors (Lipinski definition) is 1. The van der Waals surface area contributed by atoms with Gasteiger partial charge in [0.25, 0.3) is 5.91 Å². The zero-order valence-corrected chi connectivity index (χ0v) is 18.9. The highest BCUT2D eigenvalue weighted by molar-refractivity contribution is 8.03.